The van der Waals surface area contributed by atoms with Crippen molar-refractivity contribution in [1.29, 1.82) is 0 Å². The Morgan fingerprint density at radius 3 is 1.86 bits per heavy atom. The molecule has 0 amide bonds. The summed E-state index contributed by atoms with van der Waals surface area (Å²) in [6.45, 7) is 3.94. The minimum atomic E-state index is 0. The Morgan fingerprint density at radius 2 is 1.36 bits per heavy atom. The molecule has 28 heavy (non-hydrogen) atoms. The van der Waals surface area contributed by atoms with Gasteiger partial charge in [-0.2, -0.15) is 5.10 Å². The number of nitrogens with zero attached hydrogens (tertiary/aromatic N) is 1. The van der Waals surface area contributed by atoms with Crippen molar-refractivity contribution in [2.24, 2.45) is 10.9 Å². The fourth-order valence-corrected chi connectivity index (χ4v) is 2.71. The van der Waals surface area contributed by atoms with Gasteiger partial charge in [-0.1, -0.05) is 53.5 Å². The van der Waals surface area contributed by atoms with Gasteiger partial charge in [-0.15, -0.1) is 12.4 Å². The molecule has 0 fully saturated rings. The lowest BCUT2D eigenvalue weighted by Crippen LogP contribution is -2.07. The molecule has 7 heteroatoms. The monoisotopic (exact) mass is 436 g/mol. The van der Waals surface area contributed by atoms with Gasteiger partial charge in [0.2, 0.25) is 0 Å². The number of hydrazone groups is 1. The highest BCUT2D eigenvalue weighted by Gasteiger charge is 1.96. The van der Waals surface area contributed by atoms with Crippen LogP contribution in [0.15, 0.2) is 71.8 Å². The molecule has 0 aromatic heterocycles. The van der Waals surface area contributed by atoms with Gasteiger partial charge in [-0.3, -0.25) is 11.3 Å². The van der Waals surface area contributed by atoms with Crippen molar-refractivity contribution in [2.75, 3.05) is 10.9 Å². The summed E-state index contributed by atoms with van der Waals surface area (Å²) in [6.07, 6.45) is 1.79. The summed E-state index contributed by atoms with van der Waals surface area (Å²) < 4.78 is 0. The van der Waals surface area contributed by atoms with Crippen molar-refractivity contribution in [2.45, 2.75) is 13.8 Å². The minimum absolute atomic E-state index is 0. The Hall–Kier alpha value is -2.24. The molecule has 0 spiro atoms. The zero-order valence-corrected chi connectivity index (χ0v) is 17.9. The Bertz CT molecular complexity index is 899. The summed E-state index contributed by atoms with van der Waals surface area (Å²) >= 11 is 11.6. The van der Waals surface area contributed by atoms with Crippen LogP contribution in [0.1, 0.15) is 16.7 Å². The van der Waals surface area contributed by atoms with E-state index in [9.17, 15) is 0 Å². The largest absolute Gasteiger partial charge is 0.324 e. The molecule has 0 unspecified atom stereocenters. The molecular weight excluding hydrogens is 415 g/mol. The SMILES string of the molecule is Cc1cc(Cl)ccc1NN.Cc1cc(Cl)ccc1NN=Cc1ccccc1.Cl. The average molecular weight is 438 g/mol. The van der Waals surface area contributed by atoms with Crippen molar-refractivity contribution in [1.82, 2.24) is 0 Å². The van der Waals surface area contributed by atoms with Crippen LogP contribution in [0.3, 0.4) is 0 Å². The van der Waals surface area contributed by atoms with E-state index >= 15 is 0 Å². The zero-order chi connectivity index (χ0) is 19.6. The number of halogens is 3. The fraction of sp³-hybridized carbons (Fsp3) is 0.0952. The Morgan fingerprint density at radius 1 is 0.821 bits per heavy atom. The summed E-state index contributed by atoms with van der Waals surface area (Å²) in [7, 11) is 0. The first-order chi connectivity index (χ1) is 13.0. The molecular formula is C21H23Cl3N4. The number of nitrogen functional groups attached to an aromatic ring is 1. The third kappa shape index (κ3) is 7.79. The molecule has 0 saturated heterocycles. The molecule has 0 aliphatic heterocycles. The predicted octanol–water partition coefficient (Wildman–Crippen LogP) is 6.45. The predicted molar refractivity (Wildman–Crippen MR) is 125 cm³/mol. The van der Waals surface area contributed by atoms with Gasteiger partial charge in [0.05, 0.1) is 17.6 Å². The molecule has 4 N–H and O–H groups in total. The molecule has 0 saturated carbocycles. The summed E-state index contributed by atoms with van der Waals surface area (Å²) in [6, 6.07) is 21.1. The average Bonchev–Trinajstić information content (AvgIpc) is 2.65. The van der Waals surface area contributed by atoms with Gasteiger partial charge in [0.1, 0.15) is 0 Å². The number of nitrogens with two attached hydrogens (primary N) is 1. The quantitative estimate of drug-likeness (QED) is 0.250. The van der Waals surface area contributed by atoms with E-state index in [2.05, 4.69) is 16.0 Å². The first-order valence-corrected chi connectivity index (χ1v) is 9.08. The van der Waals surface area contributed by atoms with Crippen molar-refractivity contribution in [3.05, 3.63) is 93.5 Å². The van der Waals surface area contributed by atoms with E-state index in [1.165, 1.54) is 0 Å². The van der Waals surface area contributed by atoms with Gasteiger partial charge in [0.25, 0.3) is 0 Å². The number of nitrogens with one attached hydrogen (secondary N) is 2. The molecule has 0 heterocycles. The van der Waals surface area contributed by atoms with E-state index in [0.717, 1.165) is 38.1 Å². The van der Waals surface area contributed by atoms with E-state index < -0.39 is 0 Å². The van der Waals surface area contributed by atoms with Crippen LogP contribution in [0.2, 0.25) is 10.0 Å². The van der Waals surface area contributed by atoms with Gasteiger partial charge >= 0.3 is 0 Å². The Labute approximate surface area is 182 Å². The van der Waals surface area contributed by atoms with Crippen molar-refractivity contribution in [3.63, 3.8) is 0 Å². The lowest BCUT2D eigenvalue weighted by atomic mass is 10.2. The molecule has 3 aromatic carbocycles. The maximum absolute atomic E-state index is 5.88. The van der Waals surface area contributed by atoms with Crippen molar-refractivity contribution in [3.8, 4) is 0 Å². The molecule has 4 nitrogen and oxygen atoms in total. The van der Waals surface area contributed by atoms with Gasteiger partial charge < -0.3 is 5.43 Å². The smallest absolute Gasteiger partial charge is 0.0592 e. The van der Waals surface area contributed by atoms with E-state index in [1.807, 2.05) is 74.5 Å². The number of anilines is 2. The first-order valence-electron chi connectivity index (χ1n) is 8.32. The Balaban J connectivity index is 0.000000307. The maximum Gasteiger partial charge on any atom is 0.0592 e. The third-order valence-corrected chi connectivity index (χ3v) is 4.20. The standard InChI is InChI=1S/C14H13ClN2.C7H9ClN2.ClH/c1-11-9-13(15)7-8-14(11)17-16-10-12-5-3-2-4-6-12;1-5-4-6(8)2-3-7(5)10-9;/h2-10,17H,1H3;2-4,10H,9H2,1H3;1H. The topological polar surface area (TPSA) is 62.4 Å². The second kappa shape index (κ2) is 12.3. The van der Waals surface area contributed by atoms with Crippen molar-refractivity contribution < 1.29 is 0 Å². The van der Waals surface area contributed by atoms with Gasteiger partial charge in [-0.25, -0.2) is 0 Å². The summed E-state index contributed by atoms with van der Waals surface area (Å²) in [5.74, 6) is 5.21. The molecule has 0 bridgehead atoms. The molecule has 3 rings (SSSR count). The number of benzene rings is 3. The highest BCUT2D eigenvalue weighted by molar-refractivity contribution is 6.31. The molecule has 0 aliphatic carbocycles. The van der Waals surface area contributed by atoms with Crippen LogP contribution in [0.25, 0.3) is 0 Å². The zero-order valence-electron chi connectivity index (χ0n) is 15.6. The molecule has 0 atom stereocenters. The lowest BCUT2D eigenvalue weighted by Gasteiger charge is -2.04. The van der Waals surface area contributed by atoms with Crippen molar-refractivity contribution >= 4 is 53.2 Å². The van der Waals surface area contributed by atoms with Crippen LogP contribution >= 0.6 is 35.6 Å². The third-order valence-electron chi connectivity index (χ3n) is 3.73. The fourth-order valence-electron chi connectivity index (χ4n) is 2.26. The molecule has 3 aromatic rings. The van der Waals surface area contributed by atoms with Crippen LogP contribution in [0.4, 0.5) is 11.4 Å². The number of hydrogen-bond acceptors (Lipinski definition) is 4. The van der Waals surface area contributed by atoms with Crippen LogP contribution in [-0.4, -0.2) is 6.21 Å². The summed E-state index contributed by atoms with van der Waals surface area (Å²) in [4.78, 5) is 0. The maximum atomic E-state index is 5.88. The van der Waals surface area contributed by atoms with Gasteiger partial charge in [-0.05, 0) is 66.9 Å². The highest BCUT2D eigenvalue weighted by Crippen LogP contribution is 2.19. The van der Waals surface area contributed by atoms with Gasteiger partial charge in [0.15, 0.2) is 0 Å². The number of rotatable bonds is 4. The van der Waals surface area contributed by atoms with E-state index in [0.29, 0.717) is 0 Å². The van der Waals surface area contributed by atoms with Crippen LogP contribution in [-0.2, 0) is 0 Å². The molecule has 0 aliphatic rings. The van der Waals surface area contributed by atoms with Crippen LogP contribution in [0, 0.1) is 13.8 Å². The van der Waals surface area contributed by atoms with E-state index in [1.54, 1.807) is 12.3 Å². The molecule has 0 radical (unpaired) electrons. The first kappa shape index (κ1) is 23.8. The second-order valence-corrected chi connectivity index (χ2v) is 6.72. The molecule has 148 valence electrons. The van der Waals surface area contributed by atoms with Crippen LogP contribution in [0.5, 0.6) is 0 Å². The lowest BCUT2D eigenvalue weighted by molar-refractivity contribution is 1.31. The Kier molecular flexibility index (Phi) is 10.4. The number of hydrazine groups is 1. The van der Waals surface area contributed by atoms with Crippen LogP contribution < -0.4 is 16.7 Å². The van der Waals surface area contributed by atoms with E-state index in [4.69, 9.17) is 29.0 Å². The van der Waals surface area contributed by atoms with E-state index in [-0.39, 0.29) is 12.4 Å². The number of hydrogen-bond donors (Lipinski definition) is 3. The summed E-state index contributed by atoms with van der Waals surface area (Å²) in [5.41, 5.74) is 10.6. The second-order valence-electron chi connectivity index (χ2n) is 5.84. The van der Waals surface area contributed by atoms with Gasteiger partial charge in [0, 0.05) is 10.0 Å². The number of aryl methyl sites for hydroxylation is 2. The highest BCUT2D eigenvalue weighted by atomic mass is 35.5. The minimum Gasteiger partial charge on any atom is -0.324 e. The summed E-state index contributed by atoms with van der Waals surface area (Å²) in [5, 5.41) is 5.65. The normalized spacial score (nSPS) is 9.89.